The standard InChI is InChI=1S/C13H16FNO/c14-11-4-1-3-10-9(11)6-8-16-13(10)12-5-2-7-15-12/h1,3-4,12-13,15H,2,5-8H2/t12?,13-/m0/s1. The Labute approximate surface area is 94.8 Å². The second-order valence-electron chi connectivity index (χ2n) is 4.55. The monoisotopic (exact) mass is 221 g/mol. The predicted molar refractivity (Wildman–Crippen MR) is 59.8 cm³/mol. The van der Waals surface area contributed by atoms with E-state index in [1.807, 2.05) is 6.07 Å². The van der Waals surface area contributed by atoms with Crippen LogP contribution in [0.1, 0.15) is 30.1 Å². The van der Waals surface area contributed by atoms with Crippen LogP contribution in [0.5, 0.6) is 0 Å². The molecule has 0 spiro atoms. The van der Waals surface area contributed by atoms with Gasteiger partial charge in [0.25, 0.3) is 0 Å². The van der Waals surface area contributed by atoms with Gasteiger partial charge in [0.2, 0.25) is 0 Å². The highest BCUT2D eigenvalue weighted by molar-refractivity contribution is 5.33. The van der Waals surface area contributed by atoms with Crippen molar-refractivity contribution in [2.45, 2.75) is 31.4 Å². The van der Waals surface area contributed by atoms with E-state index in [0.717, 1.165) is 24.1 Å². The molecule has 1 saturated heterocycles. The number of halogens is 1. The smallest absolute Gasteiger partial charge is 0.126 e. The van der Waals surface area contributed by atoms with Gasteiger partial charge in [-0.05, 0) is 43.0 Å². The molecule has 2 aliphatic heterocycles. The van der Waals surface area contributed by atoms with Gasteiger partial charge in [0.1, 0.15) is 5.82 Å². The summed E-state index contributed by atoms with van der Waals surface area (Å²) in [6, 6.07) is 5.69. The van der Waals surface area contributed by atoms with E-state index in [1.165, 1.54) is 6.42 Å². The van der Waals surface area contributed by atoms with Crippen molar-refractivity contribution in [1.29, 1.82) is 0 Å². The lowest BCUT2D eigenvalue weighted by Gasteiger charge is -2.30. The molecule has 2 nitrogen and oxygen atoms in total. The summed E-state index contributed by atoms with van der Waals surface area (Å²) in [6.45, 7) is 1.69. The first-order valence-electron chi connectivity index (χ1n) is 5.98. The Kier molecular flexibility index (Phi) is 2.65. The van der Waals surface area contributed by atoms with E-state index in [0.29, 0.717) is 19.1 Å². The van der Waals surface area contributed by atoms with E-state index in [2.05, 4.69) is 5.32 Å². The van der Waals surface area contributed by atoms with Gasteiger partial charge in [0, 0.05) is 6.04 Å². The molecule has 3 rings (SSSR count). The zero-order chi connectivity index (χ0) is 11.0. The molecule has 86 valence electrons. The molecular formula is C13H16FNO. The van der Waals surface area contributed by atoms with E-state index >= 15 is 0 Å². The van der Waals surface area contributed by atoms with Crippen LogP contribution in [0.15, 0.2) is 18.2 Å². The number of rotatable bonds is 1. The van der Waals surface area contributed by atoms with Crippen molar-refractivity contribution in [3.05, 3.63) is 35.1 Å². The summed E-state index contributed by atoms with van der Waals surface area (Å²) in [7, 11) is 0. The number of hydrogen-bond acceptors (Lipinski definition) is 2. The van der Waals surface area contributed by atoms with Crippen LogP contribution in [0.2, 0.25) is 0 Å². The molecule has 0 saturated carbocycles. The Balaban J connectivity index is 1.96. The van der Waals surface area contributed by atoms with Crippen LogP contribution in [-0.2, 0) is 11.2 Å². The normalized spacial score (nSPS) is 29.1. The average Bonchev–Trinajstić information content (AvgIpc) is 2.82. The molecule has 3 heteroatoms. The maximum atomic E-state index is 13.7. The van der Waals surface area contributed by atoms with Crippen LogP contribution in [-0.4, -0.2) is 19.2 Å². The van der Waals surface area contributed by atoms with Crippen LogP contribution in [0.3, 0.4) is 0 Å². The molecule has 1 aromatic rings. The van der Waals surface area contributed by atoms with Crippen LogP contribution in [0.25, 0.3) is 0 Å². The van der Waals surface area contributed by atoms with Crippen LogP contribution >= 0.6 is 0 Å². The molecule has 1 unspecified atom stereocenters. The second kappa shape index (κ2) is 4.15. The quantitative estimate of drug-likeness (QED) is 0.785. The van der Waals surface area contributed by atoms with Gasteiger partial charge in [-0.2, -0.15) is 0 Å². The largest absolute Gasteiger partial charge is 0.372 e. The van der Waals surface area contributed by atoms with Gasteiger partial charge in [-0.15, -0.1) is 0 Å². The second-order valence-corrected chi connectivity index (χ2v) is 4.55. The highest BCUT2D eigenvalue weighted by Gasteiger charge is 2.31. The summed E-state index contributed by atoms with van der Waals surface area (Å²) in [4.78, 5) is 0. The van der Waals surface area contributed by atoms with Crippen LogP contribution in [0.4, 0.5) is 4.39 Å². The first-order chi connectivity index (χ1) is 7.86. The summed E-state index contributed by atoms with van der Waals surface area (Å²) in [5.41, 5.74) is 1.90. The van der Waals surface area contributed by atoms with E-state index in [9.17, 15) is 4.39 Å². The Hall–Kier alpha value is -0.930. The molecule has 0 radical (unpaired) electrons. The Morgan fingerprint density at radius 2 is 2.31 bits per heavy atom. The van der Waals surface area contributed by atoms with Crippen molar-refractivity contribution >= 4 is 0 Å². The van der Waals surface area contributed by atoms with Crippen molar-refractivity contribution in [2.24, 2.45) is 0 Å². The fourth-order valence-electron chi connectivity index (χ4n) is 2.79. The molecule has 0 bridgehead atoms. The summed E-state index contributed by atoms with van der Waals surface area (Å²) in [5.74, 6) is -0.0798. The van der Waals surface area contributed by atoms with E-state index in [4.69, 9.17) is 4.74 Å². The SMILES string of the molecule is Fc1cccc2c1CCO[C@@H]2C1CCCN1. The van der Waals surface area contributed by atoms with Crippen molar-refractivity contribution in [1.82, 2.24) is 5.32 Å². The van der Waals surface area contributed by atoms with E-state index in [-0.39, 0.29) is 11.9 Å². The summed E-state index contributed by atoms with van der Waals surface area (Å²) in [6.07, 6.45) is 3.06. The minimum absolute atomic E-state index is 0.0435. The highest BCUT2D eigenvalue weighted by Crippen LogP contribution is 2.33. The van der Waals surface area contributed by atoms with Gasteiger partial charge < -0.3 is 10.1 Å². The molecule has 16 heavy (non-hydrogen) atoms. The van der Waals surface area contributed by atoms with Crippen molar-refractivity contribution in [3.8, 4) is 0 Å². The van der Waals surface area contributed by atoms with Crippen LogP contribution in [0, 0.1) is 5.82 Å². The molecule has 2 aliphatic rings. The Morgan fingerprint density at radius 1 is 1.38 bits per heavy atom. The fraction of sp³-hybridized carbons (Fsp3) is 0.538. The maximum absolute atomic E-state index is 13.7. The number of ether oxygens (including phenoxy) is 1. The zero-order valence-electron chi connectivity index (χ0n) is 9.21. The molecule has 0 aliphatic carbocycles. The number of hydrogen-bond donors (Lipinski definition) is 1. The lowest BCUT2D eigenvalue weighted by Crippen LogP contribution is -2.34. The van der Waals surface area contributed by atoms with Gasteiger partial charge in [-0.1, -0.05) is 12.1 Å². The first-order valence-corrected chi connectivity index (χ1v) is 5.98. The number of nitrogens with one attached hydrogen (secondary N) is 1. The zero-order valence-corrected chi connectivity index (χ0v) is 9.21. The van der Waals surface area contributed by atoms with E-state index < -0.39 is 0 Å². The fourth-order valence-corrected chi connectivity index (χ4v) is 2.79. The highest BCUT2D eigenvalue weighted by atomic mass is 19.1. The third-order valence-electron chi connectivity index (χ3n) is 3.57. The minimum atomic E-state index is -0.0798. The minimum Gasteiger partial charge on any atom is -0.372 e. The third-order valence-corrected chi connectivity index (χ3v) is 3.57. The van der Waals surface area contributed by atoms with Gasteiger partial charge in [-0.3, -0.25) is 0 Å². The van der Waals surface area contributed by atoms with Crippen molar-refractivity contribution in [3.63, 3.8) is 0 Å². The molecule has 1 aromatic carbocycles. The maximum Gasteiger partial charge on any atom is 0.126 e. The number of fused-ring (bicyclic) bond motifs is 1. The average molecular weight is 221 g/mol. The molecule has 0 aromatic heterocycles. The van der Waals surface area contributed by atoms with Crippen molar-refractivity contribution in [2.75, 3.05) is 13.2 Å². The first kappa shape index (κ1) is 10.2. The van der Waals surface area contributed by atoms with Crippen LogP contribution < -0.4 is 5.32 Å². The molecular weight excluding hydrogens is 205 g/mol. The Morgan fingerprint density at radius 3 is 3.12 bits per heavy atom. The molecule has 0 amide bonds. The lowest BCUT2D eigenvalue weighted by molar-refractivity contribution is 0.0190. The number of benzene rings is 1. The molecule has 2 heterocycles. The van der Waals surface area contributed by atoms with Gasteiger partial charge in [0.15, 0.2) is 0 Å². The van der Waals surface area contributed by atoms with Gasteiger partial charge >= 0.3 is 0 Å². The predicted octanol–water partition coefficient (Wildman–Crippen LogP) is 2.19. The van der Waals surface area contributed by atoms with E-state index in [1.54, 1.807) is 12.1 Å². The summed E-state index contributed by atoms with van der Waals surface area (Å²) in [5, 5.41) is 3.44. The van der Waals surface area contributed by atoms with Gasteiger partial charge in [-0.25, -0.2) is 4.39 Å². The topological polar surface area (TPSA) is 21.3 Å². The molecule has 2 atom stereocenters. The summed E-state index contributed by atoms with van der Waals surface area (Å²) < 4.78 is 19.5. The van der Waals surface area contributed by atoms with Crippen molar-refractivity contribution < 1.29 is 9.13 Å². The Bertz CT molecular complexity index is 388. The lowest BCUT2D eigenvalue weighted by atomic mass is 9.92. The molecule has 1 N–H and O–H groups in total. The third kappa shape index (κ3) is 1.64. The molecule has 1 fully saturated rings. The summed E-state index contributed by atoms with van der Waals surface area (Å²) >= 11 is 0. The van der Waals surface area contributed by atoms with Gasteiger partial charge in [0.05, 0.1) is 12.7 Å².